The van der Waals surface area contributed by atoms with Gasteiger partial charge < -0.3 is 15.4 Å². The van der Waals surface area contributed by atoms with Gasteiger partial charge in [-0.15, -0.1) is 0 Å². The maximum atomic E-state index is 13.0. The zero-order chi connectivity index (χ0) is 20.9. The molecule has 1 heterocycles. The third-order valence-electron chi connectivity index (χ3n) is 4.76. The van der Waals surface area contributed by atoms with E-state index in [-0.39, 0.29) is 19.7 Å². The predicted octanol–water partition coefficient (Wildman–Crippen LogP) is 2.80. The van der Waals surface area contributed by atoms with E-state index in [1.807, 2.05) is 49.4 Å². The van der Waals surface area contributed by atoms with E-state index in [0.29, 0.717) is 17.7 Å². The normalized spacial score (nSPS) is 18.5. The molecule has 4 amide bonds. The topological polar surface area (TPSA) is 87.7 Å². The number of carbonyl (C=O) groups excluding carboxylic acids is 3. The van der Waals surface area contributed by atoms with Gasteiger partial charge in [-0.1, -0.05) is 59.3 Å². The molecule has 152 valence electrons. The number of nitrogens with one attached hydrogen (secondary N) is 2. The van der Waals surface area contributed by atoms with Gasteiger partial charge in [-0.3, -0.25) is 14.5 Å². The Labute approximate surface area is 177 Å². The number of halogens is 1. The maximum Gasteiger partial charge on any atom is 0.325 e. The number of rotatable bonds is 8. The van der Waals surface area contributed by atoms with Gasteiger partial charge in [-0.05, 0) is 30.2 Å². The van der Waals surface area contributed by atoms with Gasteiger partial charge in [0.2, 0.25) is 5.91 Å². The van der Waals surface area contributed by atoms with E-state index in [1.165, 1.54) is 0 Å². The molecular weight excluding hydrogens is 438 g/mol. The van der Waals surface area contributed by atoms with E-state index >= 15 is 0 Å². The van der Waals surface area contributed by atoms with Crippen molar-refractivity contribution < 1.29 is 19.1 Å². The fourth-order valence-electron chi connectivity index (χ4n) is 3.25. The first-order valence-electron chi connectivity index (χ1n) is 9.31. The number of benzene rings is 2. The number of hydrogen-bond donors (Lipinski definition) is 2. The summed E-state index contributed by atoms with van der Waals surface area (Å²) in [5.74, 6) is -0.165. The fraction of sp³-hybridized carbons (Fsp3) is 0.286. The van der Waals surface area contributed by atoms with E-state index in [1.54, 1.807) is 12.1 Å². The van der Waals surface area contributed by atoms with Crippen LogP contribution in [0.25, 0.3) is 0 Å². The molecule has 0 radical (unpaired) electrons. The Hall–Kier alpha value is -2.87. The number of urea groups is 1. The number of carbonyl (C=O) groups is 3. The standard InChI is InChI=1S/C21H22BrN3O4/c1-2-21(15-7-4-3-5-8-15)19(27)25(20(28)24-21)14-18(26)23-11-12-29-17-10-6-9-16(22)13-17/h3-10,13H,2,11-12,14H2,1H3,(H,23,26)(H,24,28). The minimum Gasteiger partial charge on any atom is -0.492 e. The van der Waals surface area contributed by atoms with Gasteiger partial charge in [0.05, 0.1) is 6.54 Å². The molecule has 0 spiro atoms. The summed E-state index contributed by atoms with van der Waals surface area (Å²) in [6.45, 7) is 2.02. The summed E-state index contributed by atoms with van der Waals surface area (Å²) in [6, 6.07) is 15.9. The highest BCUT2D eigenvalue weighted by Crippen LogP contribution is 2.32. The second-order valence-corrected chi connectivity index (χ2v) is 7.52. The van der Waals surface area contributed by atoms with Crippen LogP contribution >= 0.6 is 15.9 Å². The molecule has 0 aliphatic carbocycles. The van der Waals surface area contributed by atoms with Crippen LogP contribution in [0.15, 0.2) is 59.1 Å². The first-order valence-corrected chi connectivity index (χ1v) is 10.1. The van der Waals surface area contributed by atoms with Crippen LogP contribution in [0.5, 0.6) is 5.75 Å². The molecule has 7 nitrogen and oxygen atoms in total. The summed E-state index contributed by atoms with van der Waals surface area (Å²) < 4.78 is 6.45. The van der Waals surface area contributed by atoms with E-state index < -0.39 is 23.4 Å². The van der Waals surface area contributed by atoms with Crippen molar-refractivity contribution in [3.8, 4) is 5.75 Å². The van der Waals surface area contributed by atoms with Gasteiger partial charge in [0, 0.05) is 4.47 Å². The van der Waals surface area contributed by atoms with Gasteiger partial charge >= 0.3 is 6.03 Å². The Balaban J connectivity index is 1.55. The third-order valence-corrected chi connectivity index (χ3v) is 5.26. The maximum absolute atomic E-state index is 13.0. The van der Waals surface area contributed by atoms with Gasteiger partial charge in [-0.25, -0.2) is 4.79 Å². The van der Waals surface area contributed by atoms with Crippen molar-refractivity contribution in [2.75, 3.05) is 19.7 Å². The van der Waals surface area contributed by atoms with Gasteiger partial charge in [0.25, 0.3) is 5.91 Å². The van der Waals surface area contributed by atoms with E-state index in [9.17, 15) is 14.4 Å². The average molecular weight is 460 g/mol. The average Bonchev–Trinajstić information content (AvgIpc) is 2.97. The SMILES string of the molecule is CCC1(c2ccccc2)NC(=O)N(CC(=O)NCCOc2cccc(Br)c2)C1=O. The number of hydrogen-bond acceptors (Lipinski definition) is 4. The molecule has 1 fully saturated rings. The van der Waals surface area contributed by atoms with Crippen LogP contribution in [0.2, 0.25) is 0 Å². The largest absolute Gasteiger partial charge is 0.492 e. The molecule has 3 rings (SSSR count). The molecule has 1 aliphatic rings. The lowest BCUT2D eigenvalue weighted by Gasteiger charge is -2.25. The Morgan fingerprint density at radius 3 is 2.62 bits per heavy atom. The zero-order valence-electron chi connectivity index (χ0n) is 16.0. The van der Waals surface area contributed by atoms with Crippen LogP contribution in [0.4, 0.5) is 4.79 Å². The van der Waals surface area contributed by atoms with Crippen LogP contribution in [0.1, 0.15) is 18.9 Å². The summed E-state index contributed by atoms with van der Waals surface area (Å²) in [7, 11) is 0. The lowest BCUT2D eigenvalue weighted by Crippen LogP contribution is -2.45. The highest BCUT2D eigenvalue weighted by atomic mass is 79.9. The first-order chi connectivity index (χ1) is 14.0. The fourth-order valence-corrected chi connectivity index (χ4v) is 3.63. The van der Waals surface area contributed by atoms with Crippen LogP contribution in [-0.2, 0) is 15.1 Å². The number of amides is 4. The quantitative estimate of drug-likeness (QED) is 0.469. The van der Waals surface area contributed by atoms with Crippen molar-refractivity contribution in [3.63, 3.8) is 0 Å². The second kappa shape index (κ2) is 9.09. The van der Waals surface area contributed by atoms with Gasteiger partial charge in [0.15, 0.2) is 0 Å². The van der Waals surface area contributed by atoms with Crippen molar-refractivity contribution >= 4 is 33.8 Å². The van der Waals surface area contributed by atoms with Gasteiger partial charge in [-0.2, -0.15) is 0 Å². The van der Waals surface area contributed by atoms with Gasteiger partial charge in [0.1, 0.15) is 24.4 Å². The monoisotopic (exact) mass is 459 g/mol. The van der Waals surface area contributed by atoms with E-state index in [2.05, 4.69) is 26.6 Å². The van der Waals surface area contributed by atoms with Crippen LogP contribution in [0, 0.1) is 0 Å². The second-order valence-electron chi connectivity index (χ2n) is 6.60. The molecule has 8 heteroatoms. The summed E-state index contributed by atoms with van der Waals surface area (Å²) in [5.41, 5.74) is -0.436. The molecule has 29 heavy (non-hydrogen) atoms. The molecule has 1 atom stereocenters. The Bertz CT molecular complexity index is 906. The highest BCUT2D eigenvalue weighted by molar-refractivity contribution is 9.10. The summed E-state index contributed by atoms with van der Waals surface area (Å²) >= 11 is 3.36. The van der Waals surface area contributed by atoms with Crippen molar-refractivity contribution in [1.29, 1.82) is 0 Å². The Kier molecular flexibility index (Phi) is 6.53. The van der Waals surface area contributed by atoms with Crippen LogP contribution in [0.3, 0.4) is 0 Å². The number of ether oxygens (including phenoxy) is 1. The highest BCUT2D eigenvalue weighted by Gasteiger charge is 2.51. The zero-order valence-corrected chi connectivity index (χ0v) is 17.6. The summed E-state index contributed by atoms with van der Waals surface area (Å²) in [5, 5.41) is 5.43. The molecule has 0 saturated carbocycles. The van der Waals surface area contributed by atoms with Crippen molar-refractivity contribution in [2.24, 2.45) is 0 Å². The molecule has 0 aromatic heterocycles. The van der Waals surface area contributed by atoms with Crippen LogP contribution in [-0.4, -0.2) is 42.4 Å². The minimum atomic E-state index is -1.14. The first kappa shape index (κ1) is 20.9. The predicted molar refractivity (Wildman–Crippen MR) is 111 cm³/mol. The summed E-state index contributed by atoms with van der Waals surface area (Å²) in [6.07, 6.45) is 0.389. The van der Waals surface area contributed by atoms with E-state index in [4.69, 9.17) is 4.74 Å². The smallest absolute Gasteiger partial charge is 0.325 e. The lowest BCUT2D eigenvalue weighted by molar-refractivity contribution is -0.135. The minimum absolute atomic E-state index is 0.257. The third kappa shape index (κ3) is 4.59. The van der Waals surface area contributed by atoms with E-state index in [0.717, 1.165) is 9.37 Å². The number of imide groups is 1. The molecule has 2 N–H and O–H groups in total. The van der Waals surface area contributed by atoms with Crippen molar-refractivity contribution in [2.45, 2.75) is 18.9 Å². The molecule has 1 saturated heterocycles. The lowest BCUT2D eigenvalue weighted by atomic mass is 9.87. The Morgan fingerprint density at radius 2 is 1.93 bits per heavy atom. The molecule has 2 aromatic rings. The molecular formula is C21H22BrN3O4. The summed E-state index contributed by atoms with van der Waals surface area (Å²) in [4.78, 5) is 38.6. The molecule has 1 unspecified atom stereocenters. The number of nitrogens with zero attached hydrogens (tertiary/aromatic N) is 1. The van der Waals surface area contributed by atoms with Crippen molar-refractivity contribution in [3.05, 3.63) is 64.6 Å². The molecule has 0 bridgehead atoms. The molecule has 2 aromatic carbocycles. The van der Waals surface area contributed by atoms with Crippen molar-refractivity contribution in [1.82, 2.24) is 15.5 Å². The Morgan fingerprint density at radius 1 is 1.17 bits per heavy atom. The molecule has 1 aliphatic heterocycles. The van der Waals surface area contributed by atoms with Crippen LogP contribution < -0.4 is 15.4 Å².